The third-order valence-corrected chi connectivity index (χ3v) is 5.38. The third-order valence-electron chi connectivity index (χ3n) is 3.98. The van der Waals surface area contributed by atoms with Crippen molar-refractivity contribution < 1.29 is 38.9 Å². The number of Topliss-reactive ketones (excluding diaryl/α,β-unsaturated/α-hetero) is 1. The molecule has 0 unspecified atom stereocenters. The topological polar surface area (TPSA) is 123 Å². The van der Waals surface area contributed by atoms with Gasteiger partial charge in [0.15, 0.2) is 16.6 Å². The number of nitrogens with one attached hydrogen (secondary N) is 1. The quantitative estimate of drug-likeness (QED) is 0.401. The van der Waals surface area contributed by atoms with Gasteiger partial charge in [-0.1, -0.05) is 31.0 Å². The number of carbonyl (C=O) groups is 2. The molecule has 0 aliphatic carbocycles. The Kier molecular flexibility index (Phi) is 4.64. The van der Waals surface area contributed by atoms with Crippen molar-refractivity contribution in [1.29, 1.82) is 5.41 Å². The zero-order valence-corrected chi connectivity index (χ0v) is 16.7. The molecule has 0 saturated carbocycles. The van der Waals surface area contributed by atoms with Gasteiger partial charge in [0.05, 0.1) is 7.11 Å². The van der Waals surface area contributed by atoms with Gasteiger partial charge in [0.2, 0.25) is 5.62 Å². The molecule has 3 aromatic rings. The van der Waals surface area contributed by atoms with Gasteiger partial charge in [-0.15, -0.1) is 5.10 Å². The molecule has 3 rings (SSSR count). The minimum atomic E-state index is -10.1. The van der Waals surface area contributed by atoms with Crippen LogP contribution in [0.2, 0.25) is 5.15 Å². The number of rotatable bonds is 6. The van der Waals surface area contributed by atoms with Gasteiger partial charge in [0.1, 0.15) is 22.8 Å². The summed E-state index contributed by atoms with van der Waals surface area (Å²) in [7, 11) is -9.17. The van der Waals surface area contributed by atoms with Crippen molar-refractivity contribution in [3.8, 4) is 5.75 Å². The summed E-state index contributed by atoms with van der Waals surface area (Å²) in [5.41, 5.74) is -1.97. The second kappa shape index (κ2) is 6.40. The van der Waals surface area contributed by atoms with Crippen LogP contribution < -0.4 is 10.4 Å². The van der Waals surface area contributed by atoms with E-state index in [4.69, 9.17) is 22.1 Å². The summed E-state index contributed by atoms with van der Waals surface area (Å²) < 4.78 is 72.0. The van der Waals surface area contributed by atoms with Crippen molar-refractivity contribution in [1.82, 2.24) is 19.4 Å². The summed E-state index contributed by atoms with van der Waals surface area (Å²) >= 11 is 5.71. The zero-order chi connectivity index (χ0) is 23.4. The molecule has 0 aliphatic heterocycles. The average Bonchev–Trinajstić information content (AvgIpc) is 2.93. The molecule has 0 bridgehead atoms. The van der Waals surface area contributed by atoms with Gasteiger partial charge in [-0.3, -0.25) is 10.2 Å². The van der Waals surface area contributed by atoms with E-state index in [0.717, 1.165) is 23.8 Å². The molecule has 0 radical (unpaired) electrons. The molecule has 2 N–H and O–H groups in total. The number of hydrogen-bond donors (Lipinski definition) is 2. The maximum Gasteiger partial charge on any atom is 0.339 e. The van der Waals surface area contributed by atoms with Crippen LogP contribution >= 0.6 is 21.8 Å². The van der Waals surface area contributed by atoms with Gasteiger partial charge in [-0.05, 0) is 12.1 Å². The van der Waals surface area contributed by atoms with Crippen molar-refractivity contribution in [2.24, 2.45) is 0 Å². The highest BCUT2D eigenvalue weighted by Crippen LogP contribution is 3.02. The van der Waals surface area contributed by atoms with Gasteiger partial charge in [-0.25, -0.2) is 9.48 Å². The Bertz CT molecular complexity index is 1320. The van der Waals surface area contributed by atoms with Crippen LogP contribution in [0.4, 0.5) is 19.4 Å². The number of ether oxygens (including phenoxy) is 1. The largest absolute Gasteiger partial charge is 0.497 e. The Morgan fingerprint density at radius 1 is 1.16 bits per heavy atom. The number of nitrogens with zero attached hydrogens (tertiary/aromatic N) is 4. The standard InChI is InChI=1S/C15H11ClF5N5O4S/c1-30-8-2-7(3-9(4-8)31(17,18,19,20)21)11(27)6-25-15(22)26-12(23-25)5-10(14(28)29)13(16)24-26/h2-5,22H,6H2,1H3,(H,28,29). The van der Waals surface area contributed by atoms with Gasteiger partial charge in [0.25, 0.3) is 0 Å². The van der Waals surface area contributed by atoms with E-state index >= 15 is 0 Å². The van der Waals surface area contributed by atoms with Crippen LogP contribution in [0.25, 0.3) is 5.65 Å². The van der Waals surface area contributed by atoms with Crippen LogP contribution in [0.15, 0.2) is 29.2 Å². The Balaban J connectivity index is 2.06. The SMILES string of the molecule is COc1cc(C(=O)Cn2nc3cc(C(=O)O)c(Cl)nn3c2=N)cc(S(F)(F)(F)(F)F)c1. The van der Waals surface area contributed by atoms with E-state index in [-0.39, 0.29) is 17.8 Å². The smallest absolute Gasteiger partial charge is 0.339 e. The minimum absolute atomic E-state index is 0.00988. The number of carboxylic acid groups (broad SMARTS) is 1. The van der Waals surface area contributed by atoms with Crippen molar-refractivity contribution in [2.45, 2.75) is 11.4 Å². The van der Waals surface area contributed by atoms with Crippen molar-refractivity contribution in [3.05, 3.63) is 46.2 Å². The average molecular weight is 488 g/mol. The molecule has 0 saturated heterocycles. The first-order chi connectivity index (χ1) is 14.0. The monoisotopic (exact) mass is 487 g/mol. The lowest BCUT2D eigenvalue weighted by Crippen LogP contribution is -2.26. The second-order valence-electron chi connectivity index (χ2n) is 6.19. The van der Waals surface area contributed by atoms with Gasteiger partial charge < -0.3 is 9.84 Å². The van der Waals surface area contributed by atoms with E-state index in [0.29, 0.717) is 4.68 Å². The zero-order valence-electron chi connectivity index (χ0n) is 15.2. The normalized spacial score (nSPS) is 14.2. The van der Waals surface area contributed by atoms with Crippen molar-refractivity contribution >= 4 is 39.2 Å². The summed E-state index contributed by atoms with van der Waals surface area (Å²) in [6, 6.07) is 1.86. The Hall–Kier alpha value is -3.20. The Morgan fingerprint density at radius 2 is 1.81 bits per heavy atom. The Labute approximate surface area is 173 Å². The minimum Gasteiger partial charge on any atom is -0.497 e. The van der Waals surface area contributed by atoms with Gasteiger partial charge in [-0.2, -0.15) is 9.61 Å². The number of carbonyl (C=O) groups excluding carboxylic acids is 1. The summed E-state index contributed by atoms with van der Waals surface area (Å²) in [4.78, 5) is 21.3. The first-order valence-electron chi connectivity index (χ1n) is 7.91. The molecule has 2 heterocycles. The number of methoxy groups -OCH3 is 1. The number of aromatic carboxylic acids is 1. The summed E-state index contributed by atoms with van der Waals surface area (Å²) in [5, 5.41) is 24.0. The predicted octanol–water partition coefficient (Wildman–Crippen LogP) is 3.91. The molecule has 2 aromatic heterocycles. The van der Waals surface area contributed by atoms with E-state index in [1.54, 1.807) is 0 Å². The Morgan fingerprint density at radius 3 is 2.35 bits per heavy atom. The molecular formula is C15H11ClF5N5O4S. The van der Waals surface area contributed by atoms with E-state index in [2.05, 4.69) is 14.9 Å². The maximum atomic E-state index is 13.2. The fraction of sp³-hybridized carbons (Fsp3) is 0.133. The van der Waals surface area contributed by atoms with Gasteiger partial charge >= 0.3 is 16.2 Å². The van der Waals surface area contributed by atoms with Crippen LogP contribution in [0.3, 0.4) is 0 Å². The number of hydrogen-bond acceptors (Lipinski definition) is 6. The van der Waals surface area contributed by atoms with Crippen LogP contribution in [0.1, 0.15) is 20.7 Å². The molecule has 9 nitrogen and oxygen atoms in total. The van der Waals surface area contributed by atoms with E-state index in [1.807, 2.05) is 0 Å². The molecule has 0 atom stereocenters. The molecule has 16 heteroatoms. The molecule has 1 aromatic carbocycles. The first-order valence-corrected chi connectivity index (χ1v) is 10.2. The summed E-state index contributed by atoms with van der Waals surface area (Å²) in [6.45, 7) is -0.838. The highest BCUT2D eigenvalue weighted by atomic mass is 35.5. The summed E-state index contributed by atoms with van der Waals surface area (Å²) in [5.74, 6) is -3.16. The number of fused-ring (bicyclic) bond motifs is 1. The molecule has 0 fully saturated rings. The summed E-state index contributed by atoms with van der Waals surface area (Å²) in [6.07, 6.45) is 0. The van der Waals surface area contributed by atoms with Crippen LogP contribution in [-0.2, 0) is 6.54 Å². The molecular weight excluding hydrogens is 477 g/mol. The van der Waals surface area contributed by atoms with Crippen molar-refractivity contribution in [2.75, 3.05) is 7.11 Å². The lowest BCUT2D eigenvalue weighted by Gasteiger charge is -2.40. The maximum absolute atomic E-state index is 13.2. The second-order valence-corrected chi connectivity index (χ2v) is 8.96. The lowest BCUT2D eigenvalue weighted by molar-refractivity contribution is 0.0696. The van der Waals surface area contributed by atoms with E-state index in [1.165, 1.54) is 0 Å². The van der Waals surface area contributed by atoms with Gasteiger partial charge in [0, 0.05) is 17.7 Å². The van der Waals surface area contributed by atoms with Crippen LogP contribution in [0.5, 0.6) is 5.75 Å². The molecule has 0 spiro atoms. The number of aromatic nitrogens is 4. The number of benzene rings is 1. The number of ketones is 1. The molecule has 31 heavy (non-hydrogen) atoms. The molecule has 0 amide bonds. The fourth-order valence-electron chi connectivity index (χ4n) is 2.51. The third kappa shape index (κ3) is 4.46. The lowest BCUT2D eigenvalue weighted by atomic mass is 10.1. The predicted molar refractivity (Wildman–Crippen MR) is 97.5 cm³/mol. The highest BCUT2D eigenvalue weighted by Gasteiger charge is 2.65. The number of carboxylic acids is 1. The van der Waals surface area contributed by atoms with Crippen LogP contribution in [0, 0.1) is 5.41 Å². The van der Waals surface area contributed by atoms with E-state index < -0.39 is 61.1 Å². The van der Waals surface area contributed by atoms with Crippen LogP contribution in [-0.4, -0.2) is 43.4 Å². The molecule has 168 valence electrons. The van der Waals surface area contributed by atoms with E-state index in [9.17, 15) is 29.0 Å². The highest BCUT2D eigenvalue weighted by molar-refractivity contribution is 8.45. The fourth-order valence-corrected chi connectivity index (χ4v) is 3.41. The van der Waals surface area contributed by atoms with Crippen molar-refractivity contribution in [3.63, 3.8) is 0 Å². The first kappa shape index (κ1) is 22.5. The molecule has 0 aliphatic rings. The number of halogens is 6.